The lowest BCUT2D eigenvalue weighted by Crippen LogP contribution is -2.52. The van der Waals surface area contributed by atoms with Crippen LogP contribution >= 0.6 is 0 Å². The standard InChI is InChI=1S/C16H27N3O3/c20-11-15(21)18-8-5-14(6-9-18)19-7-1-2-12(10-19)16(22)17-13-3-4-13/h12-14,20H,1-11H2,(H,17,22). The average Bonchev–Trinajstić information content (AvgIpc) is 3.38. The third-order valence-electron chi connectivity index (χ3n) is 5.22. The Kier molecular flexibility index (Phi) is 4.98. The van der Waals surface area contributed by atoms with Crippen molar-refractivity contribution in [3.05, 3.63) is 0 Å². The van der Waals surface area contributed by atoms with Crippen LogP contribution in [0.2, 0.25) is 0 Å². The molecule has 0 spiro atoms. The molecule has 0 aromatic carbocycles. The van der Waals surface area contributed by atoms with Crippen molar-refractivity contribution in [2.24, 2.45) is 5.92 Å². The molecule has 1 aliphatic carbocycles. The summed E-state index contributed by atoms with van der Waals surface area (Å²) in [6.45, 7) is 2.97. The molecule has 1 saturated carbocycles. The number of carbonyl (C=O) groups excluding carboxylic acids is 2. The Morgan fingerprint density at radius 3 is 2.41 bits per heavy atom. The fourth-order valence-electron chi connectivity index (χ4n) is 3.68. The van der Waals surface area contributed by atoms with Gasteiger partial charge in [-0.1, -0.05) is 0 Å². The first-order valence-corrected chi connectivity index (χ1v) is 8.60. The molecule has 3 rings (SSSR count). The molecule has 0 bridgehead atoms. The van der Waals surface area contributed by atoms with Gasteiger partial charge in [-0.25, -0.2) is 0 Å². The SMILES string of the molecule is O=C(NC1CC1)C1CCCN(C2CCN(C(=O)CO)CC2)C1. The largest absolute Gasteiger partial charge is 0.387 e. The molecule has 22 heavy (non-hydrogen) atoms. The van der Waals surface area contributed by atoms with E-state index in [0.29, 0.717) is 12.1 Å². The van der Waals surface area contributed by atoms with Gasteiger partial charge in [0.2, 0.25) is 11.8 Å². The quantitative estimate of drug-likeness (QED) is 0.764. The van der Waals surface area contributed by atoms with Gasteiger partial charge in [0, 0.05) is 31.7 Å². The smallest absolute Gasteiger partial charge is 0.248 e. The van der Waals surface area contributed by atoms with E-state index < -0.39 is 6.61 Å². The number of likely N-dealkylation sites (tertiary alicyclic amines) is 2. The summed E-state index contributed by atoms with van der Waals surface area (Å²) in [6, 6.07) is 0.912. The summed E-state index contributed by atoms with van der Waals surface area (Å²) in [5.74, 6) is 0.199. The Labute approximate surface area is 131 Å². The molecule has 0 aromatic heterocycles. The van der Waals surface area contributed by atoms with E-state index in [1.165, 1.54) is 0 Å². The summed E-state index contributed by atoms with van der Waals surface area (Å²) in [4.78, 5) is 27.9. The predicted octanol–water partition coefficient (Wildman–Crippen LogP) is -0.0397. The zero-order chi connectivity index (χ0) is 15.5. The molecule has 124 valence electrons. The Balaban J connectivity index is 1.47. The van der Waals surface area contributed by atoms with Gasteiger partial charge in [0.25, 0.3) is 0 Å². The number of nitrogens with zero attached hydrogens (tertiary/aromatic N) is 2. The van der Waals surface area contributed by atoms with Crippen LogP contribution in [-0.2, 0) is 9.59 Å². The molecule has 0 aromatic rings. The number of nitrogens with one attached hydrogen (secondary N) is 1. The fourth-order valence-corrected chi connectivity index (χ4v) is 3.68. The van der Waals surface area contributed by atoms with Crippen molar-refractivity contribution in [1.82, 2.24) is 15.1 Å². The highest BCUT2D eigenvalue weighted by atomic mass is 16.3. The molecule has 2 N–H and O–H groups in total. The van der Waals surface area contributed by atoms with Crippen molar-refractivity contribution in [2.75, 3.05) is 32.8 Å². The Morgan fingerprint density at radius 1 is 1.05 bits per heavy atom. The van der Waals surface area contributed by atoms with Crippen LogP contribution in [0.4, 0.5) is 0 Å². The molecule has 2 amide bonds. The van der Waals surface area contributed by atoms with Gasteiger partial charge in [-0.2, -0.15) is 0 Å². The van der Waals surface area contributed by atoms with Crippen LogP contribution in [0.3, 0.4) is 0 Å². The van der Waals surface area contributed by atoms with Gasteiger partial charge < -0.3 is 15.3 Å². The zero-order valence-corrected chi connectivity index (χ0v) is 13.2. The van der Waals surface area contributed by atoms with Gasteiger partial charge in [0.1, 0.15) is 6.61 Å². The maximum atomic E-state index is 12.2. The van der Waals surface area contributed by atoms with E-state index in [9.17, 15) is 9.59 Å². The van der Waals surface area contributed by atoms with E-state index in [4.69, 9.17) is 5.11 Å². The monoisotopic (exact) mass is 309 g/mol. The Morgan fingerprint density at radius 2 is 1.77 bits per heavy atom. The van der Waals surface area contributed by atoms with Gasteiger partial charge in [-0.3, -0.25) is 14.5 Å². The first kappa shape index (κ1) is 15.7. The molecule has 6 heteroatoms. The lowest BCUT2D eigenvalue weighted by Gasteiger charge is -2.42. The highest BCUT2D eigenvalue weighted by Crippen LogP contribution is 2.25. The normalized spacial score (nSPS) is 27.7. The molecule has 2 saturated heterocycles. The maximum absolute atomic E-state index is 12.2. The summed E-state index contributed by atoms with van der Waals surface area (Å²) in [5.41, 5.74) is 0. The van der Waals surface area contributed by atoms with Crippen molar-refractivity contribution < 1.29 is 14.7 Å². The topological polar surface area (TPSA) is 72.9 Å². The summed E-state index contributed by atoms with van der Waals surface area (Å²) in [6.07, 6.45) is 6.25. The summed E-state index contributed by atoms with van der Waals surface area (Å²) < 4.78 is 0. The van der Waals surface area contributed by atoms with Crippen molar-refractivity contribution in [3.8, 4) is 0 Å². The number of piperidine rings is 2. The Hall–Kier alpha value is -1.14. The van der Waals surface area contributed by atoms with Crippen molar-refractivity contribution in [3.63, 3.8) is 0 Å². The van der Waals surface area contributed by atoms with E-state index in [1.807, 2.05) is 0 Å². The zero-order valence-electron chi connectivity index (χ0n) is 13.2. The third-order valence-corrected chi connectivity index (χ3v) is 5.22. The minimum atomic E-state index is -0.391. The maximum Gasteiger partial charge on any atom is 0.248 e. The van der Waals surface area contributed by atoms with E-state index in [1.54, 1.807) is 4.90 Å². The van der Waals surface area contributed by atoms with E-state index in [-0.39, 0.29) is 17.7 Å². The number of hydrogen-bond donors (Lipinski definition) is 2. The van der Waals surface area contributed by atoms with E-state index in [2.05, 4.69) is 10.2 Å². The second-order valence-corrected chi connectivity index (χ2v) is 6.89. The van der Waals surface area contributed by atoms with Crippen LogP contribution in [-0.4, -0.2) is 71.6 Å². The first-order valence-electron chi connectivity index (χ1n) is 8.60. The average molecular weight is 309 g/mol. The van der Waals surface area contributed by atoms with Gasteiger partial charge in [0.15, 0.2) is 0 Å². The third kappa shape index (κ3) is 3.79. The summed E-state index contributed by atoms with van der Waals surface area (Å²) in [5, 5.41) is 12.1. The molecular weight excluding hydrogens is 282 g/mol. The number of amides is 2. The van der Waals surface area contributed by atoms with Crippen molar-refractivity contribution in [1.29, 1.82) is 0 Å². The molecule has 3 aliphatic rings. The lowest BCUT2D eigenvalue weighted by atomic mass is 9.93. The van der Waals surface area contributed by atoms with Crippen LogP contribution in [0.25, 0.3) is 0 Å². The minimum Gasteiger partial charge on any atom is -0.387 e. The van der Waals surface area contributed by atoms with Crippen molar-refractivity contribution in [2.45, 2.75) is 50.6 Å². The van der Waals surface area contributed by atoms with Crippen LogP contribution < -0.4 is 5.32 Å². The van der Waals surface area contributed by atoms with E-state index in [0.717, 1.165) is 64.7 Å². The Bertz CT molecular complexity index is 417. The van der Waals surface area contributed by atoms with Crippen molar-refractivity contribution >= 4 is 11.8 Å². The number of hydrogen-bond acceptors (Lipinski definition) is 4. The molecule has 0 radical (unpaired) electrons. The highest BCUT2D eigenvalue weighted by Gasteiger charge is 2.34. The molecule has 3 fully saturated rings. The van der Waals surface area contributed by atoms with Crippen LogP contribution in [0, 0.1) is 5.92 Å². The van der Waals surface area contributed by atoms with Crippen LogP contribution in [0.15, 0.2) is 0 Å². The number of rotatable bonds is 4. The van der Waals surface area contributed by atoms with E-state index >= 15 is 0 Å². The van der Waals surface area contributed by atoms with Gasteiger partial charge in [-0.15, -0.1) is 0 Å². The fraction of sp³-hybridized carbons (Fsp3) is 0.875. The molecule has 6 nitrogen and oxygen atoms in total. The number of aliphatic hydroxyl groups excluding tert-OH is 1. The summed E-state index contributed by atoms with van der Waals surface area (Å²) in [7, 11) is 0. The second kappa shape index (κ2) is 6.96. The van der Waals surface area contributed by atoms with Crippen LogP contribution in [0.5, 0.6) is 0 Å². The second-order valence-electron chi connectivity index (χ2n) is 6.89. The molecule has 1 atom stereocenters. The first-order chi connectivity index (χ1) is 10.7. The molecule has 2 heterocycles. The van der Waals surface area contributed by atoms with Gasteiger partial charge >= 0.3 is 0 Å². The number of carbonyl (C=O) groups is 2. The number of aliphatic hydroxyl groups is 1. The lowest BCUT2D eigenvalue weighted by molar-refractivity contribution is -0.135. The highest BCUT2D eigenvalue weighted by molar-refractivity contribution is 5.79. The van der Waals surface area contributed by atoms with Gasteiger partial charge in [-0.05, 0) is 45.1 Å². The molecular formula is C16H27N3O3. The predicted molar refractivity (Wildman–Crippen MR) is 82.1 cm³/mol. The molecule has 2 aliphatic heterocycles. The summed E-state index contributed by atoms with van der Waals surface area (Å²) >= 11 is 0. The molecule has 1 unspecified atom stereocenters. The minimum absolute atomic E-state index is 0.131. The van der Waals surface area contributed by atoms with Gasteiger partial charge in [0.05, 0.1) is 5.92 Å². The van der Waals surface area contributed by atoms with Crippen LogP contribution in [0.1, 0.15) is 38.5 Å².